The van der Waals surface area contributed by atoms with Crippen molar-refractivity contribution in [3.8, 4) is 11.5 Å². The fourth-order valence-corrected chi connectivity index (χ4v) is 4.83. The zero-order valence-electron chi connectivity index (χ0n) is 18.6. The molecule has 0 saturated carbocycles. The highest BCUT2D eigenvalue weighted by atomic mass is 35.5. The highest BCUT2D eigenvalue weighted by Gasteiger charge is 2.35. The molecular weight excluding hydrogens is 465 g/mol. The topological polar surface area (TPSA) is 46.3 Å². The molecule has 0 amide bonds. The SMILES string of the molecule is COc1cccc(C2CNC(c3ccc(C(F)(F)F)cc3)c3[nH]c4ccccc4c32)c1OC.Cl. The van der Waals surface area contributed by atoms with Crippen LogP contribution in [0.4, 0.5) is 13.2 Å². The van der Waals surface area contributed by atoms with E-state index in [9.17, 15) is 13.2 Å². The Labute approximate surface area is 201 Å². The van der Waals surface area contributed by atoms with Crippen LogP contribution in [0.1, 0.15) is 39.9 Å². The number of nitrogens with one attached hydrogen (secondary N) is 2. The van der Waals surface area contributed by atoms with Crippen LogP contribution in [0, 0.1) is 0 Å². The summed E-state index contributed by atoms with van der Waals surface area (Å²) in [5.41, 5.74) is 4.14. The Morgan fingerprint density at radius 3 is 2.29 bits per heavy atom. The van der Waals surface area contributed by atoms with Gasteiger partial charge in [-0.05, 0) is 35.4 Å². The quantitative estimate of drug-likeness (QED) is 0.347. The summed E-state index contributed by atoms with van der Waals surface area (Å²) < 4.78 is 50.4. The van der Waals surface area contributed by atoms with Gasteiger partial charge in [-0.1, -0.05) is 42.5 Å². The highest BCUT2D eigenvalue weighted by molar-refractivity contribution is 5.87. The average molecular weight is 489 g/mol. The van der Waals surface area contributed by atoms with Crippen LogP contribution in [-0.4, -0.2) is 25.7 Å². The standard InChI is InChI=1S/C26H23F3N2O2.ClH/c1-32-21-9-5-7-17(25(21)33-2)19-14-30-23(15-10-12-16(13-11-15)26(27,28)29)24-22(19)18-6-3-4-8-20(18)31-24;/h3-13,19,23,30-31H,14H2,1-2H3;1H. The molecule has 1 aliphatic rings. The van der Waals surface area contributed by atoms with Gasteiger partial charge < -0.3 is 19.8 Å². The molecule has 2 N–H and O–H groups in total. The minimum Gasteiger partial charge on any atom is -0.493 e. The Morgan fingerprint density at radius 2 is 1.62 bits per heavy atom. The zero-order valence-corrected chi connectivity index (χ0v) is 19.4. The van der Waals surface area contributed by atoms with Gasteiger partial charge in [-0.15, -0.1) is 12.4 Å². The van der Waals surface area contributed by atoms with Gasteiger partial charge in [0.1, 0.15) is 0 Å². The number of methoxy groups -OCH3 is 2. The Balaban J connectivity index is 0.00000274. The third kappa shape index (κ3) is 3.99. The number of fused-ring (bicyclic) bond motifs is 3. The van der Waals surface area contributed by atoms with E-state index in [0.29, 0.717) is 18.0 Å². The number of aromatic nitrogens is 1. The van der Waals surface area contributed by atoms with Gasteiger partial charge in [-0.2, -0.15) is 13.2 Å². The number of hydrogen-bond donors (Lipinski definition) is 2. The molecule has 0 spiro atoms. The number of aromatic amines is 1. The molecule has 2 heterocycles. The van der Waals surface area contributed by atoms with E-state index < -0.39 is 11.7 Å². The van der Waals surface area contributed by atoms with Gasteiger partial charge in [0, 0.05) is 34.6 Å². The molecule has 0 bridgehead atoms. The summed E-state index contributed by atoms with van der Waals surface area (Å²) in [5, 5.41) is 4.62. The number of benzene rings is 3. The number of hydrogen-bond acceptors (Lipinski definition) is 3. The fourth-order valence-electron chi connectivity index (χ4n) is 4.83. The molecule has 2 atom stereocenters. The van der Waals surface area contributed by atoms with Crippen LogP contribution in [0.2, 0.25) is 0 Å². The second-order valence-electron chi connectivity index (χ2n) is 8.09. The van der Waals surface area contributed by atoms with Gasteiger partial charge in [0.2, 0.25) is 0 Å². The van der Waals surface area contributed by atoms with E-state index in [-0.39, 0.29) is 24.4 Å². The maximum atomic E-state index is 13.1. The van der Waals surface area contributed by atoms with E-state index in [4.69, 9.17) is 9.47 Å². The molecule has 2 unspecified atom stereocenters. The molecule has 3 aromatic carbocycles. The van der Waals surface area contributed by atoms with Crippen LogP contribution in [0.3, 0.4) is 0 Å². The average Bonchev–Trinajstić information content (AvgIpc) is 3.22. The van der Waals surface area contributed by atoms with Crippen molar-refractivity contribution in [3.05, 3.63) is 94.7 Å². The van der Waals surface area contributed by atoms with E-state index in [1.807, 2.05) is 36.4 Å². The van der Waals surface area contributed by atoms with E-state index in [1.54, 1.807) is 26.4 Å². The summed E-state index contributed by atoms with van der Waals surface area (Å²) in [4.78, 5) is 3.52. The summed E-state index contributed by atoms with van der Waals surface area (Å²) in [6.45, 7) is 0.587. The zero-order chi connectivity index (χ0) is 23.2. The van der Waals surface area contributed by atoms with Crippen molar-refractivity contribution in [3.63, 3.8) is 0 Å². The van der Waals surface area contributed by atoms with Crippen LogP contribution in [0.25, 0.3) is 10.9 Å². The monoisotopic (exact) mass is 488 g/mol. The lowest BCUT2D eigenvalue weighted by Crippen LogP contribution is -2.34. The predicted molar refractivity (Wildman–Crippen MR) is 128 cm³/mol. The van der Waals surface area contributed by atoms with E-state index in [1.165, 1.54) is 0 Å². The summed E-state index contributed by atoms with van der Waals surface area (Å²) >= 11 is 0. The first-order valence-electron chi connectivity index (χ1n) is 10.6. The largest absolute Gasteiger partial charge is 0.493 e. The molecule has 1 aromatic heterocycles. The molecule has 34 heavy (non-hydrogen) atoms. The van der Waals surface area contributed by atoms with Crippen LogP contribution in [-0.2, 0) is 6.18 Å². The Bertz CT molecular complexity index is 1300. The molecule has 0 aliphatic carbocycles. The lowest BCUT2D eigenvalue weighted by Gasteiger charge is -2.32. The van der Waals surface area contributed by atoms with Crippen molar-refractivity contribution < 1.29 is 22.6 Å². The Kier molecular flexibility index (Phi) is 6.51. The Hall–Kier alpha value is -3.16. The minimum atomic E-state index is -4.36. The van der Waals surface area contributed by atoms with Gasteiger partial charge in [0.15, 0.2) is 11.5 Å². The molecule has 0 radical (unpaired) electrons. The molecular formula is C26H24ClF3N2O2. The Morgan fingerprint density at radius 1 is 0.882 bits per heavy atom. The van der Waals surface area contributed by atoms with Crippen molar-refractivity contribution in [1.82, 2.24) is 10.3 Å². The number of para-hydroxylation sites is 2. The normalized spacial score (nSPS) is 17.7. The molecule has 4 aromatic rings. The van der Waals surface area contributed by atoms with Gasteiger partial charge in [-0.25, -0.2) is 0 Å². The number of ether oxygens (including phenoxy) is 2. The van der Waals surface area contributed by atoms with E-state index in [0.717, 1.165) is 45.4 Å². The molecule has 8 heteroatoms. The molecule has 4 nitrogen and oxygen atoms in total. The highest BCUT2D eigenvalue weighted by Crippen LogP contribution is 2.46. The predicted octanol–water partition coefficient (Wildman–Crippen LogP) is 6.45. The first-order chi connectivity index (χ1) is 15.9. The lowest BCUT2D eigenvalue weighted by atomic mass is 9.82. The van der Waals surface area contributed by atoms with Gasteiger partial charge in [0.05, 0.1) is 25.8 Å². The van der Waals surface area contributed by atoms with Crippen LogP contribution >= 0.6 is 12.4 Å². The van der Waals surface area contributed by atoms with Crippen molar-refractivity contribution >= 4 is 23.3 Å². The molecule has 178 valence electrons. The minimum absolute atomic E-state index is 0. The fraction of sp³-hybridized carbons (Fsp3) is 0.231. The second-order valence-corrected chi connectivity index (χ2v) is 8.09. The van der Waals surface area contributed by atoms with Crippen molar-refractivity contribution in [2.45, 2.75) is 18.1 Å². The van der Waals surface area contributed by atoms with Crippen molar-refractivity contribution in [1.29, 1.82) is 0 Å². The second kappa shape index (κ2) is 9.24. The first-order valence-corrected chi connectivity index (χ1v) is 10.6. The number of rotatable bonds is 4. The first kappa shape index (κ1) is 24.0. The summed E-state index contributed by atoms with van der Waals surface area (Å²) in [6, 6.07) is 19.0. The van der Waals surface area contributed by atoms with E-state index in [2.05, 4.69) is 16.4 Å². The summed E-state index contributed by atoms with van der Waals surface area (Å²) in [7, 11) is 3.23. The number of halogens is 4. The maximum absolute atomic E-state index is 13.1. The lowest BCUT2D eigenvalue weighted by molar-refractivity contribution is -0.137. The smallest absolute Gasteiger partial charge is 0.416 e. The van der Waals surface area contributed by atoms with Crippen LogP contribution in [0.5, 0.6) is 11.5 Å². The summed E-state index contributed by atoms with van der Waals surface area (Å²) in [5.74, 6) is 1.30. The van der Waals surface area contributed by atoms with E-state index >= 15 is 0 Å². The van der Waals surface area contributed by atoms with Crippen LogP contribution in [0.15, 0.2) is 66.7 Å². The molecule has 1 aliphatic heterocycles. The van der Waals surface area contributed by atoms with Gasteiger partial charge >= 0.3 is 6.18 Å². The molecule has 0 fully saturated rings. The molecule has 5 rings (SSSR count). The van der Waals surface area contributed by atoms with Gasteiger partial charge in [-0.3, -0.25) is 0 Å². The third-order valence-electron chi connectivity index (χ3n) is 6.32. The summed E-state index contributed by atoms with van der Waals surface area (Å²) in [6.07, 6.45) is -4.36. The third-order valence-corrected chi connectivity index (χ3v) is 6.32. The maximum Gasteiger partial charge on any atom is 0.416 e. The van der Waals surface area contributed by atoms with Crippen molar-refractivity contribution in [2.75, 3.05) is 20.8 Å². The number of H-pyrrole nitrogens is 1. The van der Waals surface area contributed by atoms with Gasteiger partial charge in [0.25, 0.3) is 0 Å². The van der Waals surface area contributed by atoms with Crippen LogP contribution < -0.4 is 14.8 Å². The van der Waals surface area contributed by atoms with Crippen molar-refractivity contribution in [2.24, 2.45) is 0 Å². The number of alkyl halides is 3. The molecule has 0 saturated heterocycles.